The van der Waals surface area contributed by atoms with Gasteiger partial charge in [-0.2, -0.15) is 0 Å². The van der Waals surface area contributed by atoms with Crippen LogP contribution in [0.15, 0.2) is 9.98 Å². The lowest BCUT2D eigenvalue weighted by Crippen LogP contribution is -2.53. The zero-order chi connectivity index (χ0) is 12.5. The summed E-state index contributed by atoms with van der Waals surface area (Å²) in [6.07, 6.45) is 3.89. The van der Waals surface area contributed by atoms with Crippen LogP contribution in [0.2, 0.25) is 0 Å². The SMILES string of the molecule is CC1(C)CCCNC1C(=O)Nc1ncc(Br)s1. The largest absolute Gasteiger partial charge is 0.305 e. The Morgan fingerprint density at radius 3 is 3.06 bits per heavy atom. The van der Waals surface area contributed by atoms with Crippen LogP contribution >= 0.6 is 27.3 Å². The van der Waals surface area contributed by atoms with Crippen LogP contribution < -0.4 is 10.6 Å². The maximum atomic E-state index is 12.2. The number of rotatable bonds is 2. The van der Waals surface area contributed by atoms with Crippen molar-refractivity contribution in [2.45, 2.75) is 32.7 Å². The van der Waals surface area contributed by atoms with Gasteiger partial charge in [0.2, 0.25) is 5.91 Å². The molecule has 1 amide bonds. The molecule has 0 saturated carbocycles. The summed E-state index contributed by atoms with van der Waals surface area (Å²) in [7, 11) is 0. The van der Waals surface area contributed by atoms with Gasteiger partial charge in [0.1, 0.15) is 0 Å². The topological polar surface area (TPSA) is 54.0 Å². The average Bonchev–Trinajstić information content (AvgIpc) is 2.63. The number of hydrogen-bond donors (Lipinski definition) is 2. The van der Waals surface area contributed by atoms with Crippen LogP contribution in [0.5, 0.6) is 0 Å². The van der Waals surface area contributed by atoms with E-state index in [2.05, 4.69) is 45.4 Å². The predicted molar refractivity (Wildman–Crippen MR) is 73.2 cm³/mol. The number of carbonyl (C=O) groups excluding carboxylic acids is 1. The van der Waals surface area contributed by atoms with Crippen LogP contribution in [0.1, 0.15) is 26.7 Å². The monoisotopic (exact) mass is 317 g/mol. The van der Waals surface area contributed by atoms with Crippen LogP contribution in [0, 0.1) is 5.41 Å². The molecule has 2 N–H and O–H groups in total. The van der Waals surface area contributed by atoms with E-state index in [4.69, 9.17) is 0 Å². The van der Waals surface area contributed by atoms with Gasteiger partial charge < -0.3 is 10.6 Å². The third-order valence-corrected chi connectivity index (χ3v) is 4.49. The molecular weight excluding hydrogens is 302 g/mol. The van der Waals surface area contributed by atoms with Gasteiger partial charge in [-0.15, -0.1) is 0 Å². The van der Waals surface area contributed by atoms with Crippen molar-refractivity contribution in [1.29, 1.82) is 0 Å². The molecule has 0 bridgehead atoms. The number of nitrogens with one attached hydrogen (secondary N) is 2. The predicted octanol–water partition coefficient (Wildman–Crippen LogP) is 2.62. The lowest BCUT2D eigenvalue weighted by atomic mass is 9.77. The Morgan fingerprint density at radius 2 is 2.47 bits per heavy atom. The third kappa shape index (κ3) is 3.05. The first-order valence-electron chi connectivity index (χ1n) is 5.64. The Kier molecular flexibility index (Phi) is 3.85. The molecule has 1 aromatic heterocycles. The fourth-order valence-corrected chi connectivity index (χ4v) is 3.26. The van der Waals surface area contributed by atoms with Crippen molar-refractivity contribution in [1.82, 2.24) is 10.3 Å². The van der Waals surface area contributed by atoms with Crippen LogP contribution in [0.4, 0.5) is 5.13 Å². The minimum atomic E-state index is -0.140. The summed E-state index contributed by atoms with van der Waals surface area (Å²) < 4.78 is 0.920. The standard InChI is InChI=1S/C11H16BrN3OS/c1-11(2)4-3-5-13-8(11)9(16)15-10-14-6-7(12)17-10/h6,8,13H,3-5H2,1-2H3,(H,14,15,16). The number of halogens is 1. The number of piperidine rings is 1. The number of hydrogen-bond acceptors (Lipinski definition) is 4. The molecular formula is C11H16BrN3OS. The minimum absolute atomic E-state index is 0.00315. The molecule has 1 aromatic rings. The quantitative estimate of drug-likeness (QED) is 0.881. The molecule has 94 valence electrons. The molecule has 0 aromatic carbocycles. The van der Waals surface area contributed by atoms with Crippen molar-refractivity contribution in [2.24, 2.45) is 5.41 Å². The van der Waals surface area contributed by atoms with Gasteiger partial charge in [-0.3, -0.25) is 4.79 Å². The van der Waals surface area contributed by atoms with Gasteiger partial charge in [0.15, 0.2) is 5.13 Å². The summed E-state index contributed by atoms with van der Waals surface area (Å²) in [5.74, 6) is 0.0107. The molecule has 4 nitrogen and oxygen atoms in total. The Hall–Kier alpha value is -0.460. The number of aromatic nitrogens is 1. The van der Waals surface area contributed by atoms with Crippen LogP contribution in [0.25, 0.3) is 0 Å². The molecule has 1 atom stereocenters. The van der Waals surface area contributed by atoms with Gasteiger partial charge in [-0.05, 0) is 40.7 Å². The molecule has 1 aliphatic heterocycles. The van der Waals surface area contributed by atoms with Crippen LogP contribution in [-0.4, -0.2) is 23.5 Å². The molecule has 1 aliphatic rings. The van der Waals surface area contributed by atoms with Gasteiger partial charge in [0, 0.05) is 0 Å². The van der Waals surface area contributed by atoms with Gasteiger partial charge in [0.25, 0.3) is 0 Å². The highest BCUT2D eigenvalue weighted by molar-refractivity contribution is 9.11. The van der Waals surface area contributed by atoms with Crippen molar-refractivity contribution in [3.63, 3.8) is 0 Å². The second kappa shape index (κ2) is 5.04. The molecule has 0 radical (unpaired) electrons. The Labute approximate surface area is 113 Å². The number of nitrogens with zero attached hydrogens (tertiary/aromatic N) is 1. The minimum Gasteiger partial charge on any atom is -0.305 e. The highest BCUT2D eigenvalue weighted by atomic mass is 79.9. The molecule has 0 aliphatic carbocycles. The summed E-state index contributed by atoms with van der Waals surface area (Å²) in [5.41, 5.74) is -0.00315. The number of anilines is 1. The number of amides is 1. The summed E-state index contributed by atoms with van der Waals surface area (Å²) in [5, 5.41) is 6.80. The smallest absolute Gasteiger partial charge is 0.243 e. The van der Waals surface area contributed by atoms with E-state index in [0.717, 1.165) is 23.2 Å². The summed E-state index contributed by atoms with van der Waals surface area (Å²) in [6, 6.07) is -0.140. The number of thiazole rings is 1. The van der Waals surface area contributed by atoms with E-state index in [0.29, 0.717) is 5.13 Å². The van der Waals surface area contributed by atoms with E-state index in [1.54, 1.807) is 6.20 Å². The first-order chi connectivity index (χ1) is 7.99. The van der Waals surface area contributed by atoms with Crippen LogP contribution in [0.3, 0.4) is 0 Å². The first-order valence-corrected chi connectivity index (χ1v) is 7.25. The molecule has 2 heterocycles. The third-order valence-electron chi connectivity index (χ3n) is 3.10. The van der Waals surface area contributed by atoms with E-state index in [1.807, 2.05) is 0 Å². The van der Waals surface area contributed by atoms with Gasteiger partial charge in [0.05, 0.1) is 16.0 Å². The molecule has 17 heavy (non-hydrogen) atoms. The molecule has 1 fully saturated rings. The molecule has 6 heteroatoms. The maximum Gasteiger partial charge on any atom is 0.243 e. The maximum absolute atomic E-state index is 12.2. The van der Waals surface area contributed by atoms with Crippen molar-refractivity contribution < 1.29 is 4.79 Å². The Morgan fingerprint density at radius 1 is 1.71 bits per heavy atom. The molecule has 1 saturated heterocycles. The summed E-state index contributed by atoms with van der Waals surface area (Å²) in [4.78, 5) is 16.3. The Balaban J connectivity index is 2.04. The lowest BCUT2D eigenvalue weighted by Gasteiger charge is -2.37. The van der Waals surface area contributed by atoms with Crippen molar-refractivity contribution in [2.75, 3.05) is 11.9 Å². The fourth-order valence-electron chi connectivity index (χ4n) is 2.15. The fraction of sp³-hybridized carbons (Fsp3) is 0.636. The van der Waals surface area contributed by atoms with Gasteiger partial charge in [-0.1, -0.05) is 25.2 Å². The number of carbonyl (C=O) groups is 1. The molecule has 2 rings (SSSR count). The average molecular weight is 318 g/mol. The van der Waals surface area contributed by atoms with E-state index in [1.165, 1.54) is 11.3 Å². The zero-order valence-electron chi connectivity index (χ0n) is 9.92. The summed E-state index contributed by atoms with van der Waals surface area (Å²) >= 11 is 4.76. The lowest BCUT2D eigenvalue weighted by molar-refractivity contribution is -0.121. The second-order valence-electron chi connectivity index (χ2n) is 4.94. The second-order valence-corrected chi connectivity index (χ2v) is 7.35. The van der Waals surface area contributed by atoms with Crippen LogP contribution in [-0.2, 0) is 4.79 Å². The first kappa shape index (κ1) is 13.0. The molecule has 0 spiro atoms. The Bertz CT molecular complexity index is 419. The van der Waals surface area contributed by atoms with Gasteiger partial charge >= 0.3 is 0 Å². The molecule has 1 unspecified atom stereocenters. The van der Waals surface area contributed by atoms with Gasteiger partial charge in [-0.25, -0.2) is 4.98 Å². The zero-order valence-corrected chi connectivity index (χ0v) is 12.3. The summed E-state index contributed by atoms with van der Waals surface area (Å²) in [6.45, 7) is 5.16. The van der Waals surface area contributed by atoms with E-state index in [9.17, 15) is 4.79 Å². The highest BCUT2D eigenvalue weighted by Gasteiger charge is 2.37. The highest BCUT2D eigenvalue weighted by Crippen LogP contribution is 2.31. The van der Waals surface area contributed by atoms with Crippen molar-refractivity contribution in [3.05, 3.63) is 9.98 Å². The van der Waals surface area contributed by atoms with E-state index in [-0.39, 0.29) is 17.4 Å². The van der Waals surface area contributed by atoms with Crippen molar-refractivity contribution >= 4 is 38.3 Å². The van der Waals surface area contributed by atoms with E-state index >= 15 is 0 Å². The van der Waals surface area contributed by atoms with E-state index < -0.39 is 0 Å². The normalized spacial score (nSPS) is 23.4. The van der Waals surface area contributed by atoms with Crippen molar-refractivity contribution in [3.8, 4) is 0 Å².